The third-order valence-electron chi connectivity index (χ3n) is 2.72. The van der Waals surface area contributed by atoms with Gasteiger partial charge in [0, 0.05) is 18.7 Å². The second-order valence-corrected chi connectivity index (χ2v) is 4.31. The second-order valence-electron chi connectivity index (χ2n) is 4.31. The molecule has 6 heteroatoms. The molecule has 0 heterocycles. The maximum Gasteiger partial charge on any atom is 0.325 e. The number of esters is 1. The van der Waals surface area contributed by atoms with E-state index in [1.807, 2.05) is 30.3 Å². The Balaban J connectivity index is 1.78. The number of ether oxygens (including phenoxy) is 1. The quantitative estimate of drug-likeness (QED) is 0.381. The number of hydrogen-bond donors (Lipinski definition) is 1. The first-order valence-electron chi connectivity index (χ1n) is 6.35. The zero-order valence-electron chi connectivity index (χ0n) is 11.2. The zero-order chi connectivity index (χ0) is 15.1. The number of nitro benzene ring substituents is 1. The summed E-state index contributed by atoms with van der Waals surface area (Å²) in [5.41, 5.74) is 1.03. The lowest BCUT2D eigenvalue weighted by atomic mass is 10.2. The van der Waals surface area contributed by atoms with Gasteiger partial charge in [0.2, 0.25) is 0 Å². The standard InChI is InChI=1S/C15H14N2O4/c18-15(11-16-10-12-4-2-1-3-5-12)21-14-8-6-13(7-9-14)17(19)20/h1-9,16H,10-11H2. The van der Waals surface area contributed by atoms with Gasteiger partial charge in [-0.3, -0.25) is 14.9 Å². The van der Waals surface area contributed by atoms with E-state index in [9.17, 15) is 14.9 Å². The lowest BCUT2D eigenvalue weighted by Gasteiger charge is -2.06. The van der Waals surface area contributed by atoms with Gasteiger partial charge in [-0.15, -0.1) is 0 Å². The normalized spacial score (nSPS) is 10.1. The minimum Gasteiger partial charge on any atom is -0.426 e. The van der Waals surface area contributed by atoms with Gasteiger partial charge in [0.25, 0.3) is 5.69 Å². The highest BCUT2D eigenvalue weighted by atomic mass is 16.6. The molecule has 2 aromatic carbocycles. The van der Waals surface area contributed by atoms with Crippen molar-refractivity contribution in [2.24, 2.45) is 0 Å². The Bertz CT molecular complexity index is 611. The smallest absolute Gasteiger partial charge is 0.325 e. The predicted molar refractivity (Wildman–Crippen MR) is 76.9 cm³/mol. The van der Waals surface area contributed by atoms with Gasteiger partial charge in [0.05, 0.1) is 11.5 Å². The van der Waals surface area contributed by atoms with Gasteiger partial charge in [-0.25, -0.2) is 0 Å². The van der Waals surface area contributed by atoms with E-state index in [0.717, 1.165) is 5.56 Å². The Morgan fingerprint density at radius 3 is 2.38 bits per heavy atom. The molecule has 21 heavy (non-hydrogen) atoms. The minimum absolute atomic E-state index is 0.0444. The van der Waals surface area contributed by atoms with Gasteiger partial charge in [-0.05, 0) is 17.7 Å². The number of nitrogens with one attached hydrogen (secondary N) is 1. The Morgan fingerprint density at radius 2 is 1.76 bits per heavy atom. The highest BCUT2D eigenvalue weighted by molar-refractivity contribution is 5.74. The molecule has 0 unspecified atom stereocenters. The molecular formula is C15H14N2O4. The summed E-state index contributed by atoms with van der Waals surface area (Å²) in [4.78, 5) is 21.6. The maximum absolute atomic E-state index is 11.6. The van der Waals surface area contributed by atoms with Crippen molar-refractivity contribution < 1.29 is 14.5 Å². The number of rotatable bonds is 6. The van der Waals surface area contributed by atoms with Crippen LogP contribution in [0.4, 0.5) is 5.69 Å². The summed E-state index contributed by atoms with van der Waals surface area (Å²) in [5.74, 6) is -0.160. The third-order valence-corrected chi connectivity index (χ3v) is 2.72. The molecule has 0 atom stereocenters. The van der Waals surface area contributed by atoms with Crippen LogP contribution >= 0.6 is 0 Å². The van der Waals surface area contributed by atoms with Crippen LogP contribution in [0.5, 0.6) is 5.75 Å². The van der Waals surface area contributed by atoms with Gasteiger partial charge >= 0.3 is 5.97 Å². The summed E-state index contributed by atoms with van der Waals surface area (Å²) in [6.45, 7) is 0.627. The number of nitro groups is 1. The van der Waals surface area contributed by atoms with E-state index in [0.29, 0.717) is 6.54 Å². The van der Waals surface area contributed by atoms with Crippen molar-refractivity contribution in [3.8, 4) is 5.75 Å². The van der Waals surface area contributed by atoms with Crippen molar-refractivity contribution in [1.82, 2.24) is 5.32 Å². The highest BCUT2D eigenvalue weighted by Gasteiger charge is 2.07. The molecule has 0 aliphatic heterocycles. The fraction of sp³-hybridized carbons (Fsp3) is 0.133. The summed E-state index contributed by atoms with van der Waals surface area (Å²) in [6.07, 6.45) is 0. The predicted octanol–water partition coefficient (Wildman–Crippen LogP) is 2.29. The molecule has 0 fully saturated rings. The number of benzene rings is 2. The molecule has 0 aromatic heterocycles. The minimum atomic E-state index is -0.507. The van der Waals surface area contributed by atoms with Gasteiger partial charge in [0.1, 0.15) is 5.75 Å². The fourth-order valence-corrected chi connectivity index (χ4v) is 1.71. The van der Waals surface area contributed by atoms with Crippen molar-refractivity contribution in [3.05, 3.63) is 70.3 Å². The summed E-state index contributed by atoms with van der Waals surface area (Å²) >= 11 is 0. The average molecular weight is 286 g/mol. The molecule has 1 N–H and O–H groups in total. The van der Waals surface area contributed by atoms with Crippen molar-refractivity contribution in [1.29, 1.82) is 0 Å². The molecule has 0 aliphatic rings. The van der Waals surface area contributed by atoms with Gasteiger partial charge < -0.3 is 10.1 Å². The molecule has 0 saturated carbocycles. The summed E-state index contributed by atoms with van der Waals surface area (Å²) < 4.78 is 5.06. The Kier molecular flexibility index (Phi) is 5.00. The molecule has 0 amide bonds. The molecule has 2 aromatic rings. The van der Waals surface area contributed by atoms with E-state index >= 15 is 0 Å². The van der Waals surface area contributed by atoms with E-state index in [2.05, 4.69) is 5.32 Å². The van der Waals surface area contributed by atoms with Crippen LogP contribution in [0.15, 0.2) is 54.6 Å². The van der Waals surface area contributed by atoms with Gasteiger partial charge in [-0.1, -0.05) is 30.3 Å². The molecule has 2 rings (SSSR count). The molecule has 0 spiro atoms. The summed E-state index contributed by atoms with van der Waals surface area (Å²) in [6, 6.07) is 15.1. The van der Waals surface area contributed by atoms with Crippen LogP contribution in [-0.2, 0) is 11.3 Å². The van der Waals surface area contributed by atoms with Gasteiger partial charge in [0.15, 0.2) is 0 Å². The molecule has 0 saturated heterocycles. The van der Waals surface area contributed by atoms with Crippen molar-refractivity contribution in [2.75, 3.05) is 6.54 Å². The molecule has 0 aliphatic carbocycles. The van der Waals surface area contributed by atoms with Crippen molar-refractivity contribution in [2.45, 2.75) is 6.54 Å². The average Bonchev–Trinajstić information content (AvgIpc) is 2.49. The van der Waals surface area contributed by atoms with Crippen LogP contribution in [0.3, 0.4) is 0 Å². The highest BCUT2D eigenvalue weighted by Crippen LogP contribution is 2.17. The van der Waals surface area contributed by atoms with E-state index in [-0.39, 0.29) is 18.0 Å². The summed E-state index contributed by atoms with van der Waals surface area (Å²) in [7, 11) is 0. The lowest BCUT2D eigenvalue weighted by molar-refractivity contribution is -0.384. The van der Waals surface area contributed by atoms with Crippen LogP contribution in [0, 0.1) is 10.1 Å². The number of nitrogens with zero attached hydrogens (tertiary/aromatic N) is 1. The molecule has 0 bridgehead atoms. The van der Waals surface area contributed by atoms with Gasteiger partial charge in [-0.2, -0.15) is 0 Å². The Labute approximate surface area is 121 Å². The lowest BCUT2D eigenvalue weighted by Crippen LogP contribution is -2.26. The topological polar surface area (TPSA) is 81.5 Å². The number of hydrogen-bond acceptors (Lipinski definition) is 5. The van der Waals surface area contributed by atoms with Crippen LogP contribution in [0.25, 0.3) is 0 Å². The van der Waals surface area contributed by atoms with E-state index in [1.165, 1.54) is 24.3 Å². The maximum atomic E-state index is 11.6. The van der Waals surface area contributed by atoms with Crippen LogP contribution in [0.1, 0.15) is 5.56 Å². The summed E-state index contributed by atoms with van der Waals surface area (Å²) in [5, 5.41) is 13.5. The second kappa shape index (κ2) is 7.16. The first-order valence-corrected chi connectivity index (χ1v) is 6.35. The Hall–Kier alpha value is -2.73. The number of carbonyl (C=O) groups is 1. The molecule has 0 radical (unpaired) electrons. The number of carbonyl (C=O) groups excluding carboxylic acids is 1. The zero-order valence-corrected chi connectivity index (χ0v) is 11.2. The molecule has 108 valence electrons. The SMILES string of the molecule is O=C(CNCc1ccccc1)Oc1ccc([N+](=O)[O-])cc1. The van der Waals surface area contributed by atoms with E-state index in [4.69, 9.17) is 4.74 Å². The van der Waals surface area contributed by atoms with E-state index in [1.54, 1.807) is 0 Å². The molecule has 6 nitrogen and oxygen atoms in total. The largest absolute Gasteiger partial charge is 0.426 e. The molecular weight excluding hydrogens is 272 g/mol. The number of non-ortho nitro benzene ring substituents is 1. The first kappa shape index (κ1) is 14.7. The van der Waals surface area contributed by atoms with Crippen LogP contribution < -0.4 is 10.1 Å². The Morgan fingerprint density at radius 1 is 1.10 bits per heavy atom. The van der Waals surface area contributed by atoms with Crippen LogP contribution in [-0.4, -0.2) is 17.4 Å². The van der Waals surface area contributed by atoms with Crippen LogP contribution in [0.2, 0.25) is 0 Å². The van der Waals surface area contributed by atoms with Crippen molar-refractivity contribution >= 4 is 11.7 Å². The fourth-order valence-electron chi connectivity index (χ4n) is 1.71. The third kappa shape index (κ3) is 4.70. The first-order chi connectivity index (χ1) is 10.1. The van der Waals surface area contributed by atoms with E-state index < -0.39 is 10.9 Å². The monoisotopic (exact) mass is 286 g/mol. The van der Waals surface area contributed by atoms with Crippen molar-refractivity contribution in [3.63, 3.8) is 0 Å².